The quantitative estimate of drug-likeness (QED) is 0.239. The van der Waals surface area contributed by atoms with Crippen LogP contribution in [0.25, 0.3) is 5.76 Å². The lowest BCUT2D eigenvalue weighted by molar-refractivity contribution is -0.153. The molecule has 4 aliphatic rings. The average molecular weight is 527 g/mol. The van der Waals surface area contributed by atoms with E-state index in [4.69, 9.17) is 5.73 Å². The Morgan fingerprint density at radius 2 is 1.82 bits per heavy atom. The number of carbonyl (C=O) groups is 3. The monoisotopic (exact) mass is 526 g/mol. The number of nitrogens with zero attached hydrogens (tertiary/aromatic N) is 2. The molecule has 204 valence electrons. The number of likely N-dealkylation sites (N-methyl/N-ethyl adjacent to an activating group) is 1. The number of amides is 1. The molecule has 1 heterocycles. The second kappa shape index (κ2) is 9.11. The zero-order valence-electron chi connectivity index (χ0n) is 21.7. The highest BCUT2D eigenvalue weighted by Crippen LogP contribution is 2.53. The van der Waals surface area contributed by atoms with E-state index in [0.29, 0.717) is 5.56 Å². The molecule has 11 nitrogen and oxygen atoms in total. The molecule has 0 radical (unpaired) electrons. The number of phenolic OH excluding ortho intramolecular Hbond substituents is 1. The first kappa shape index (κ1) is 26.2. The van der Waals surface area contributed by atoms with Crippen molar-refractivity contribution in [3.8, 4) is 5.75 Å². The van der Waals surface area contributed by atoms with Gasteiger partial charge in [-0.05, 0) is 83.5 Å². The molecule has 0 spiro atoms. The topological polar surface area (TPSA) is 177 Å². The fourth-order valence-electron chi connectivity index (χ4n) is 6.75. The molecule has 3 aliphatic carbocycles. The minimum atomic E-state index is -2.63. The molecule has 2 fully saturated rings. The van der Waals surface area contributed by atoms with Crippen LogP contribution in [0.3, 0.4) is 0 Å². The van der Waals surface area contributed by atoms with Crippen molar-refractivity contribution in [2.24, 2.45) is 17.6 Å². The fraction of sp³-hybridized carbons (Fsp3) is 0.519. The number of aliphatic hydroxyl groups excluding tert-OH is 2. The minimum Gasteiger partial charge on any atom is -0.508 e. The highest BCUT2D eigenvalue weighted by Gasteiger charge is 2.64. The summed E-state index contributed by atoms with van der Waals surface area (Å²) in [4.78, 5) is 42.9. The maximum absolute atomic E-state index is 13.9. The molecule has 1 aromatic rings. The lowest BCUT2D eigenvalue weighted by Crippen LogP contribution is -2.65. The van der Waals surface area contributed by atoms with E-state index in [1.807, 2.05) is 0 Å². The largest absolute Gasteiger partial charge is 0.508 e. The molecule has 1 saturated carbocycles. The molecule has 1 aromatic carbocycles. The van der Waals surface area contributed by atoms with Gasteiger partial charge in [-0.2, -0.15) is 0 Å². The average Bonchev–Trinajstić information content (AvgIpc) is 2.84. The summed E-state index contributed by atoms with van der Waals surface area (Å²) in [5.41, 5.74) is 3.24. The van der Waals surface area contributed by atoms with E-state index in [2.05, 4.69) is 17.3 Å². The van der Waals surface area contributed by atoms with Crippen LogP contribution < -0.4 is 11.1 Å². The van der Waals surface area contributed by atoms with E-state index < -0.39 is 58.0 Å². The summed E-state index contributed by atoms with van der Waals surface area (Å²) in [7, 11) is 5.23. The molecule has 11 heteroatoms. The third-order valence-corrected chi connectivity index (χ3v) is 8.68. The molecule has 0 unspecified atom stereocenters. The van der Waals surface area contributed by atoms with Crippen LogP contribution >= 0.6 is 0 Å². The smallest absolute Gasteiger partial charge is 0.255 e. The van der Waals surface area contributed by atoms with Crippen LogP contribution in [0.2, 0.25) is 0 Å². The van der Waals surface area contributed by atoms with Crippen LogP contribution in [0.15, 0.2) is 29.0 Å². The molecule has 0 bridgehead atoms. The first-order valence-electron chi connectivity index (χ1n) is 12.8. The number of anilines is 1. The van der Waals surface area contributed by atoms with Crippen LogP contribution in [-0.2, 0) is 20.8 Å². The van der Waals surface area contributed by atoms with Gasteiger partial charge in [-0.1, -0.05) is 0 Å². The number of hydrogen-bond donors (Lipinski definition) is 6. The van der Waals surface area contributed by atoms with Crippen molar-refractivity contribution in [2.45, 2.75) is 43.4 Å². The van der Waals surface area contributed by atoms with Crippen molar-refractivity contribution >= 4 is 28.9 Å². The fourth-order valence-corrected chi connectivity index (χ4v) is 6.75. The van der Waals surface area contributed by atoms with Crippen molar-refractivity contribution in [3.05, 3.63) is 40.2 Å². The molecule has 38 heavy (non-hydrogen) atoms. The lowest BCUT2D eigenvalue weighted by atomic mass is 9.57. The van der Waals surface area contributed by atoms with Crippen molar-refractivity contribution in [3.63, 3.8) is 0 Å². The zero-order chi connectivity index (χ0) is 27.7. The Labute approximate surface area is 220 Å². The maximum atomic E-state index is 13.9. The summed E-state index contributed by atoms with van der Waals surface area (Å²) in [5, 5.41) is 48.2. The zero-order valence-corrected chi connectivity index (χ0v) is 21.7. The number of aliphatic hydroxyl groups is 3. The normalized spacial score (nSPS) is 30.3. The first-order valence-corrected chi connectivity index (χ1v) is 12.8. The molecule has 0 aromatic heterocycles. The summed E-state index contributed by atoms with van der Waals surface area (Å²) in [5.74, 6) is -6.51. The van der Waals surface area contributed by atoms with Gasteiger partial charge < -0.3 is 36.4 Å². The SMILES string of the molecule is CN1CCC(Nc2ccc(O)c3c2C[C@@H]2C[C@H]4[C@@H](N(C)C)C(=O)C(C(N)=O)=C(O)[C@]4(O)C(=O)C2=C3O)CC1. The van der Waals surface area contributed by atoms with Gasteiger partial charge >= 0.3 is 0 Å². The van der Waals surface area contributed by atoms with Gasteiger partial charge in [0.25, 0.3) is 5.91 Å². The number of carbonyl (C=O) groups excluding carboxylic acids is 3. The number of nitrogens with two attached hydrogens (primary N) is 1. The standard InChI is InChI=1S/C27H34N4O7/c1-30(2)21-15-11-12-10-14-16(29-13-6-8-31(3)9-7-13)4-5-17(32)19(14)22(33)18(12)24(35)27(15,38)25(36)20(23(21)34)26(28)37/h4-5,12-13,15,21,29,32-33,36,38H,6-11H2,1-3H3,(H2,28,37)/t12-,15+,21-,27-/m1/s1. The number of phenols is 1. The maximum Gasteiger partial charge on any atom is 0.255 e. The number of ketones is 2. The van der Waals surface area contributed by atoms with Crippen LogP contribution in [0, 0.1) is 11.8 Å². The second-order valence-electron chi connectivity index (χ2n) is 11.2. The van der Waals surface area contributed by atoms with E-state index in [1.54, 1.807) is 20.2 Å². The number of aromatic hydroxyl groups is 1. The number of primary amides is 1. The molecule has 1 amide bonds. The molecular weight excluding hydrogens is 492 g/mol. The van der Waals surface area contributed by atoms with Gasteiger partial charge in [-0.25, -0.2) is 0 Å². The molecule has 4 atom stereocenters. The Kier molecular flexibility index (Phi) is 6.28. The number of rotatable bonds is 4. The van der Waals surface area contributed by atoms with Gasteiger partial charge in [0.1, 0.15) is 22.8 Å². The van der Waals surface area contributed by atoms with E-state index in [-0.39, 0.29) is 35.8 Å². The molecule has 1 saturated heterocycles. The lowest BCUT2D eigenvalue weighted by Gasteiger charge is -2.50. The van der Waals surface area contributed by atoms with Gasteiger partial charge in [0.15, 0.2) is 11.4 Å². The summed E-state index contributed by atoms with van der Waals surface area (Å²) in [6.07, 6.45) is 2.18. The summed E-state index contributed by atoms with van der Waals surface area (Å²) >= 11 is 0. The van der Waals surface area contributed by atoms with Crippen LogP contribution in [0.4, 0.5) is 5.69 Å². The third-order valence-electron chi connectivity index (χ3n) is 8.68. The van der Waals surface area contributed by atoms with Gasteiger partial charge in [0.2, 0.25) is 5.78 Å². The Hall–Kier alpha value is -3.41. The molecular formula is C27H34N4O7. The number of nitrogens with one attached hydrogen (secondary N) is 1. The van der Waals surface area contributed by atoms with E-state index >= 15 is 0 Å². The number of likely N-dealkylation sites (tertiary alicyclic amines) is 1. The molecule has 1 aliphatic heterocycles. The van der Waals surface area contributed by atoms with Crippen LogP contribution in [0.5, 0.6) is 5.75 Å². The Balaban J connectivity index is 1.62. The van der Waals surface area contributed by atoms with E-state index in [1.165, 1.54) is 11.0 Å². The van der Waals surface area contributed by atoms with Crippen LogP contribution in [-0.4, -0.2) is 99.6 Å². The number of fused-ring (bicyclic) bond motifs is 3. The van der Waals surface area contributed by atoms with Crippen molar-refractivity contribution < 1.29 is 34.8 Å². The second-order valence-corrected chi connectivity index (χ2v) is 11.2. The minimum absolute atomic E-state index is 0.0646. The van der Waals surface area contributed by atoms with Gasteiger partial charge in [0, 0.05) is 23.2 Å². The number of piperidine rings is 1. The van der Waals surface area contributed by atoms with Gasteiger partial charge in [-0.15, -0.1) is 0 Å². The number of Topliss-reactive ketones (excluding diaryl/α,β-unsaturated/α-hetero) is 2. The summed E-state index contributed by atoms with van der Waals surface area (Å²) in [6, 6.07) is 2.30. The predicted molar refractivity (Wildman–Crippen MR) is 138 cm³/mol. The van der Waals surface area contributed by atoms with Crippen molar-refractivity contribution in [1.29, 1.82) is 0 Å². The van der Waals surface area contributed by atoms with E-state index in [0.717, 1.165) is 31.6 Å². The van der Waals surface area contributed by atoms with E-state index in [9.17, 15) is 34.8 Å². The first-order chi connectivity index (χ1) is 17.9. The summed E-state index contributed by atoms with van der Waals surface area (Å²) < 4.78 is 0. The summed E-state index contributed by atoms with van der Waals surface area (Å²) in [6.45, 7) is 1.88. The predicted octanol–water partition coefficient (Wildman–Crippen LogP) is 0.470. The van der Waals surface area contributed by atoms with Gasteiger partial charge in [-0.3, -0.25) is 19.3 Å². The number of benzene rings is 1. The van der Waals surface area contributed by atoms with Crippen molar-refractivity contribution in [1.82, 2.24) is 9.80 Å². The molecule has 7 N–H and O–H groups in total. The van der Waals surface area contributed by atoms with Crippen molar-refractivity contribution in [2.75, 3.05) is 39.5 Å². The number of hydrogen-bond acceptors (Lipinski definition) is 10. The highest BCUT2D eigenvalue weighted by molar-refractivity contribution is 6.24. The van der Waals surface area contributed by atoms with Gasteiger partial charge in [0.05, 0.1) is 11.6 Å². The molecule has 5 rings (SSSR count). The van der Waals surface area contributed by atoms with Crippen LogP contribution in [0.1, 0.15) is 30.4 Å². The Morgan fingerprint density at radius 1 is 1.16 bits per heavy atom. The Bertz CT molecular complexity index is 1290. The third kappa shape index (κ3) is 3.71. The Morgan fingerprint density at radius 3 is 2.42 bits per heavy atom. The highest BCUT2D eigenvalue weighted by atomic mass is 16.3.